The molecule has 15 nitrogen and oxygen atoms in total. The highest BCUT2D eigenvalue weighted by molar-refractivity contribution is 5.87. The Bertz CT molecular complexity index is 2130. The van der Waals surface area contributed by atoms with Gasteiger partial charge in [0.15, 0.2) is 0 Å². The summed E-state index contributed by atoms with van der Waals surface area (Å²) >= 11 is 0. The van der Waals surface area contributed by atoms with E-state index in [1.54, 1.807) is 0 Å². The molecule has 4 amide bonds. The van der Waals surface area contributed by atoms with Crippen LogP contribution in [0.5, 0.6) is 5.75 Å². The zero-order valence-electron chi connectivity index (χ0n) is 34.0. The van der Waals surface area contributed by atoms with Crippen LogP contribution < -0.4 is 20.7 Å². The molecule has 5 N–H and O–H groups in total. The minimum atomic E-state index is -0.701. The van der Waals surface area contributed by atoms with Gasteiger partial charge in [-0.1, -0.05) is 64.4 Å². The number of nitrogens with zero attached hydrogens (tertiary/aromatic N) is 3. The van der Waals surface area contributed by atoms with E-state index in [2.05, 4.69) is 62.3 Å². The van der Waals surface area contributed by atoms with Crippen LogP contribution in [0.4, 0.5) is 9.59 Å². The number of aromatic nitrogens is 4. The molecule has 3 aliphatic rings. The first-order valence-electron chi connectivity index (χ1n) is 20.3. The van der Waals surface area contributed by atoms with Crippen LogP contribution in [0.15, 0.2) is 48.7 Å². The lowest BCUT2D eigenvalue weighted by Crippen LogP contribution is -2.52. The summed E-state index contributed by atoms with van der Waals surface area (Å²) in [5, 5.41) is 8.53. The van der Waals surface area contributed by atoms with Gasteiger partial charge in [0.2, 0.25) is 11.8 Å². The van der Waals surface area contributed by atoms with Crippen molar-refractivity contribution in [3.05, 3.63) is 66.0 Å². The van der Waals surface area contributed by atoms with Gasteiger partial charge in [-0.25, -0.2) is 19.6 Å². The highest BCUT2D eigenvalue weighted by Gasteiger charge is 2.39. The first-order valence-corrected chi connectivity index (χ1v) is 20.3. The first-order chi connectivity index (χ1) is 27.9. The molecule has 2 fully saturated rings. The molecule has 2 aromatic carbocycles. The lowest BCUT2D eigenvalue weighted by molar-refractivity contribution is -0.135. The molecule has 308 valence electrons. The molecule has 4 aromatic rings. The molecule has 7 rings (SSSR count). The molecule has 5 atom stereocenters. The molecule has 0 bridgehead atoms. The van der Waals surface area contributed by atoms with Crippen molar-refractivity contribution in [3.8, 4) is 39.4 Å². The number of nitrogens with one attached hydrogen (secondary N) is 5. The summed E-state index contributed by atoms with van der Waals surface area (Å²) in [6, 6.07) is 12.7. The van der Waals surface area contributed by atoms with Crippen LogP contribution in [0.2, 0.25) is 0 Å². The predicted octanol–water partition coefficient (Wildman–Crippen LogP) is 6.25. The Morgan fingerprint density at radius 1 is 0.828 bits per heavy atom. The summed E-state index contributed by atoms with van der Waals surface area (Å²) in [6.07, 6.45) is 5.52. The average Bonchev–Trinajstić information content (AvgIpc) is 4.05. The number of carbonyl (C=O) groups excluding carboxylic acids is 4. The molecular formula is C43H54N8O7. The quantitative estimate of drug-likeness (QED) is 0.117. The van der Waals surface area contributed by atoms with Crippen LogP contribution in [-0.4, -0.2) is 94.3 Å². The summed E-state index contributed by atoms with van der Waals surface area (Å²) in [5.74, 6) is 1.76. The maximum absolute atomic E-state index is 13.7. The van der Waals surface area contributed by atoms with E-state index in [-0.39, 0.29) is 41.7 Å². The van der Waals surface area contributed by atoms with E-state index in [9.17, 15) is 19.2 Å². The highest BCUT2D eigenvalue weighted by atomic mass is 16.5. The third-order valence-corrected chi connectivity index (χ3v) is 11.6. The normalized spacial score (nSPS) is 19.7. The third-order valence-electron chi connectivity index (χ3n) is 11.6. The molecule has 0 radical (unpaired) electrons. The van der Waals surface area contributed by atoms with E-state index in [4.69, 9.17) is 24.2 Å². The fourth-order valence-corrected chi connectivity index (χ4v) is 8.43. The van der Waals surface area contributed by atoms with Crippen LogP contribution in [-0.2, 0) is 25.5 Å². The zero-order valence-corrected chi connectivity index (χ0v) is 34.0. The largest absolute Gasteiger partial charge is 0.492 e. The van der Waals surface area contributed by atoms with Gasteiger partial charge in [0, 0.05) is 36.2 Å². The number of imidazole rings is 2. The molecule has 1 saturated heterocycles. The van der Waals surface area contributed by atoms with Crippen LogP contribution in [0.1, 0.15) is 89.1 Å². The summed E-state index contributed by atoms with van der Waals surface area (Å²) in [7, 11) is 2.58. The Morgan fingerprint density at radius 3 is 2.22 bits per heavy atom. The van der Waals surface area contributed by atoms with Gasteiger partial charge >= 0.3 is 12.2 Å². The van der Waals surface area contributed by atoms with Gasteiger partial charge in [-0.15, -0.1) is 0 Å². The number of benzene rings is 2. The number of aromatic amines is 2. The number of carbonyl (C=O) groups is 4. The highest BCUT2D eigenvalue weighted by Crippen LogP contribution is 2.40. The zero-order chi connectivity index (χ0) is 41.1. The van der Waals surface area contributed by atoms with E-state index < -0.39 is 24.3 Å². The number of alkyl carbamates (subject to hydrolysis) is 2. The van der Waals surface area contributed by atoms with Crippen LogP contribution in [0.3, 0.4) is 0 Å². The minimum Gasteiger partial charge on any atom is -0.492 e. The van der Waals surface area contributed by atoms with E-state index in [0.717, 1.165) is 88.8 Å². The third kappa shape index (κ3) is 8.39. The maximum atomic E-state index is 13.7. The molecule has 4 heterocycles. The molecule has 0 spiro atoms. The Hall–Kier alpha value is -5.86. The van der Waals surface area contributed by atoms with Gasteiger partial charge in [0.1, 0.15) is 29.5 Å². The number of hydrogen-bond acceptors (Lipinski definition) is 9. The Morgan fingerprint density at radius 2 is 1.52 bits per heavy atom. The van der Waals surface area contributed by atoms with Crippen molar-refractivity contribution in [2.45, 2.75) is 96.3 Å². The number of rotatable bonds is 11. The van der Waals surface area contributed by atoms with Crippen LogP contribution in [0.25, 0.3) is 33.6 Å². The molecular weight excluding hydrogens is 741 g/mol. The molecule has 0 unspecified atom stereocenters. The summed E-state index contributed by atoms with van der Waals surface area (Å²) in [6.45, 7) is 8.65. The van der Waals surface area contributed by atoms with Gasteiger partial charge in [0.05, 0.1) is 44.5 Å². The van der Waals surface area contributed by atoms with Crippen molar-refractivity contribution in [1.82, 2.24) is 40.8 Å². The average molecular weight is 795 g/mol. The lowest BCUT2D eigenvalue weighted by atomic mass is 9.99. The monoisotopic (exact) mass is 794 g/mol. The molecule has 2 aliphatic heterocycles. The topological polar surface area (TPSA) is 193 Å². The van der Waals surface area contributed by atoms with Crippen molar-refractivity contribution >= 4 is 24.0 Å². The van der Waals surface area contributed by atoms with Crippen molar-refractivity contribution in [3.63, 3.8) is 0 Å². The number of ether oxygens (including phenoxy) is 3. The van der Waals surface area contributed by atoms with Crippen molar-refractivity contribution in [2.24, 2.45) is 11.8 Å². The van der Waals surface area contributed by atoms with Gasteiger partial charge in [-0.2, -0.15) is 0 Å². The number of likely N-dealkylation sites (tertiary alicyclic amines) is 1. The second-order valence-corrected chi connectivity index (χ2v) is 16.1. The van der Waals surface area contributed by atoms with Gasteiger partial charge < -0.3 is 45.0 Å². The molecule has 2 aromatic heterocycles. The van der Waals surface area contributed by atoms with Crippen molar-refractivity contribution in [1.29, 1.82) is 0 Å². The van der Waals surface area contributed by atoms with E-state index in [1.165, 1.54) is 14.2 Å². The maximum Gasteiger partial charge on any atom is 0.407 e. The molecule has 58 heavy (non-hydrogen) atoms. The number of amides is 4. The van der Waals surface area contributed by atoms with Crippen LogP contribution in [0, 0.1) is 11.8 Å². The lowest BCUT2D eigenvalue weighted by Gasteiger charge is -2.30. The fraction of sp³-hybridized carbons (Fsp3) is 0.488. The molecule has 1 saturated carbocycles. The standard InChI is InChI=1S/C43H54N8O7/c1-23(2)35(49-42(54)56-5)40(52)47-30-10-7-9-28(30)38-44-22-32(46-38)26-14-12-25(13-15-26)27-16-17-29-34(21-27)58-20-18-31-37(29)48-39(45-31)33-11-8-19-51(33)41(53)36(24(3)4)50-43(55)57-6/h12-17,21-24,28,30,33,35-36H,7-11,18-20H2,1-6H3,(H,44,46)(H,45,48)(H,47,52)(H,49,54)(H,50,55)/t28-,30-,33+,35+,36+/m1/s1. The predicted molar refractivity (Wildman–Crippen MR) is 217 cm³/mol. The number of hydrogen-bond donors (Lipinski definition) is 5. The van der Waals surface area contributed by atoms with E-state index in [0.29, 0.717) is 19.6 Å². The smallest absolute Gasteiger partial charge is 0.407 e. The van der Waals surface area contributed by atoms with Gasteiger partial charge in [-0.3, -0.25) is 9.59 Å². The minimum absolute atomic E-state index is 0.0285. The Labute approximate surface area is 338 Å². The summed E-state index contributed by atoms with van der Waals surface area (Å²) in [4.78, 5) is 69.5. The SMILES string of the molecule is COC(=O)N[C@H](C(=O)N[C@@H]1CCC[C@H]1c1ncc(-c2ccc(-c3ccc4c(c3)OCCc3[nH]c([C@@H]5CCCN5C(=O)[C@@H](NC(=O)OC)C(C)C)nc3-4)cc2)[nH]1)C(C)C. The Kier molecular flexibility index (Phi) is 12.1. The first kappa shape index (κ1) is 40.3. The van der Waals surface area contributed by atoms with E-state index >= 15 is 0 Å². The van der Waals surface area contributed by atoms with Crippen molar-refractivity contribution in [2.75, 3.05) is 27.4 Å². The number of methoxy groups -OCH3 is 2. The van der Waals surface area contributed by atoms with Gasteiger partial charge in [0.25, 0.3) is 0 Å². The van der Waals surface area contributed by atoms with Gasteiger partial charge in [-0.05, 0) is 66.3 Å². The number of fused-ring (bicyclic) bond motifs is 3. The van der Waals surface area contributed by atoms with Crippen LogP contribution >= 0.6 is 0 Å². The second-order valence-electron chi connectivity index (χ2n) is 16.1. The molecule has 15 heteroatoms. The second kappa shape index (κ2) is 17.3. The summed E-state index contributed by atoms with van der Waals surface area (Å²) in [5.41, 5.74) is 6.60. The fourth-order valence-electron chi connectivity index (χ4n) is 8.43. The molecule has 1 aliphatic carbocycles. The Balaban J connectivity index is 1.04. The van der Waals surface area contributed by atoms with E-state index in [1.807, 2.05) is 44.9 Å². The van der Waals surface area contributed by atoms with Crippen molar-refractivity contribution < 1.29 is 33.4 Å². The number of H-pyrrole nitrogens is 2. The summed E-state index contributed by atoms with van der Waals surface area (Å²) < 4.78 is 15.8.